The lowest BCUT2D eigenvalue weighted by molar-refractivity contribution is 0.0950. The molecule has 0 aliphatic carbocycles. The van der Waals surface area contributed by atoms with Crippen LogP contribution in [0.1, 0.15) is 22.8 Å². The summed E-state index contributed by atoms with van der Waals surface area (Å²) in [4.78, 5) is 16.9. The number of carbonyl (C=O) groups excluding carboxylic acids is 1. The second-order valence-corrected chi connectivity index (χ2v) is 6.18. The monoisotopic (exact) mass is 304 g/mol. The van der Waals surface area contributed by atoms with Crippen LogP contribution in [0.3, 0.4) is 0 Å². The molecule has 1 aliphatic rings. The van der Waals surface area contributed by atoms with Gasteiger partial charge in [-0.15, -0.1) is 0 Å². The number of benzene rings is 1. The maximum absolute atomic E-state index is 12.0. The van der Waals surface area contributed by atoms with Gasteiger partial charge in [0.1, 0.15) is 0 Å². The summed E-state index contributed by atoms with van der Waals surface area (Å²) in [6, 6.07) is 8.25. The average Bonchev–Trinajstić information content (AvgIpc) is 2.55. The minimum atomic E-state index is -0.00625. The van der Waals surface area contributed by atoms with Gasteiger partial charge in [-0.1, -0.05) is 12.1 Å². The van der Waals surface area contributed by atoms with Gasteiger partial charge in [0.05, 0.1) is 0 Å². The molecule has 1 fully saturated rings. The van der Waals surface area contributed by atoms with Gasteiger partial charge in [-0.05, 0) is 38.7 Å². The Morgan fingerprint density at radius 1 is 1.18 bits per heavy atom. The first kappa shape index (κ1) is 16.9. The van der Waals surface area contributed by atoms with E-state index < -0.39 is 0 Å². The van der Waals surface area contributed by atoms with Gasteiger partial charge < -0.3 is 15.5 Å². The number of piperazine rings is 1. The lowest BCUT2D eigenvalue weighted by Gasteiger charge is -2.32. The van der Waals surface area contributed by atoms with Crippen LogP contribution < -0.4 is 10.6 Å². The Labute approximate surface area is 133 Å². The van der Waals surface area contributed by atoms with Crippen molar-refractivity contribution in [3.8, 4) is 0 Å². The Bertz CT molecular complexity index is 466. The van der Waals surface area contributed by atoms with Crippen molar-refractivity contribution in [3.05, 3.63) is 35.4 Å². The normalized spacial score (nSPS) is 18.1. The first-order valence-corrected chi connectivity index (χ1v) is 8.04. The van der Waals surface area contributed by atoms with Gasteiger partial charge in [0.2, 0.25) is 0 Å². The van der Waals surface area contributed by atoms with E-state index in [2.05, 4.69) is 39.6 Å². The summed E-state index contributed by atoms with van der Waals surface area (Å²) in [7, 11) is 4.06. The lowest BCUT2D eigenvalue weighted by atomic mass is 10.1. The molecule has 5 heteroatoms. The van der Waals surface area contributed by atoms with E-state index in [-0.39, 0.29) is 11.9 Å². The maximum atomic E-state index is 12.0. The molecule has 0 aromatic heterocycles. The Morgan fingerprint density at radius 2 is 1.82 bits per heavy atom. The number of carbonyl (C=O) groups is 1. The van der Waals surface area contributed by atoms with Crippen molar-refractivity contribution in [1.82, 2.24) is 20.4 Å². The van der Waals surface area contributed by atoms with Crippen LogP contribution >= 0.6 is 0 Å². The highest BCUT2D eigenvalue weighted by atomic mass is 16.1. The van der Waals surface area contributed by atoms with E-state index in [1.54, 1.807) is 0 Å². The largest absolute Gasteiger partial charge is 0.350 e. The van der Waals surface area contributed by atoms with E-state index in [4.69, 9.17) is 0 Å². The minimum Gasteiger partial charge on any atom is -0.350 e. The van der Waals surface area contributed by atoms with E-state index in [1.165, 1.54) is 5.56 Å². The summed E-state index contributed by atoms with van der Waals surface area (Å²) < 4.78 is 0. The molecule has 1 aromatic carbocycles. The second-order valence-electron chi connectivity index (χ2n) is 6.18. The average molecular weight is 304 g/mol. The Hall–Kier alpha value is -1.43. The highest BCUT2D eigenvalue weighted by Crippen LogP contribution is 2.09. The van der Waals surface area contributed by atoms with Crippen molar-refractivity contribution in [2.75, 3.05) is 46.8 Å². The summed E-state index contributed by atoms with van der Waals surface area (Å²) >= 11 is 0. The van der Waals surface area contributed by atoms with Crippen molar-refractivity contribution in [3.63, 3.8) is 0 Å². The van der Waals surface area contributed by atoms with E-state index in [0.29, 0.717) is 6.54 Å². The summed E-state index contributed by atoms with van der Waals surface area (Å²) in [5.74, 6) is -0.00625. The molecule has 0 saturated carbocycles. The first-order chi connectivity index (χ1) is 10.6. The number of nitrogens with one attached hydrogen (secondary N) is 2. The molecule has 1 unspecified atom stereocenters. The number of hydrogen-bond donors (Lipinski definition) is 2. The van der Waals surface area contributed by atoms with E-state index in [1.807, 2.05) is 26.1 Å². The second kappa shape index (κ2) is 8.27. The molecule has 1 aromatic rings. The molecule has 1 aliphatic heterocycles. The van der Waals surface area contributed by atoms with Crippen LogP contribution in [0.2, 0.25) is 0 Å². The fraction of sp³-hybridized carbons (Fsp3) is 0.588. The molecule has 2 rings (SSSR count). The third-order valence-electron chi connectivity index (χ3n) is 4.28. The van der Waals surface area contributed by atoms with Gasteiger partial charge in [0.15, 0.2) is 0 Å². The summed E-state index contributed by atoms with van der Waals surface area (Å²) in [5.41, 5.74) is 2.00. The van der Waals surface area contributed by atoms with E-state index >= 15 is 0 Å². The third-order valence-corrected chi connectivity index (χ3v) is 4.28. The lowest BCUT2D eigenvalue weighted by Crippen LogP contribution is -2.43. The van der Waals surface area contributed by atoms with Gasteiger partial charge in [0, 0.05) is 50.9 Å². The smallest absolute Gasteiger partial charge is 0.251 e. The zero-order valence-corrected chi connectivity index (χ0v) is 13.9. The van der Waals surface area contributed by atoms with Crippen LogP contribution in [0.25, 0.3) is 0 Å². The summed E-state index contributed by atoms with van der Waals surface area (Å²) in [6.45, 7) is 8.12. The number of rotatable bonds is 6. The topological polar surface area (TPSA) is 47.6 Å². The SMILES string of the molecule is CNC(C)CNC(=O)c1ccc(CN2CCN(C)CC2)cc1. The zero-order chi connectivity index (χ0) is 15.9. The quantitative estimate of drug-likeness (QED) is 0.815. The minimum absolute atomic E-state index is 0.00625. The summed E-state index contributed by atoms with van der Waals surface area (Å²) in [5, 5.41) is 6.04. The molecular weight excluding hydrogens is 276 g/mol. The van der Waals surface area contributed by atoms with Gasteiger partial charge in [-0.25, -0.2) is 0 Å². The van der Waals surface area contributed by atoms with Crippen molar-refractivity contribution in [1.29, 1.82) is 0 Å². The van der Waals surface area contributed by atoms with Crippen molar-refractivity contribution in [2.24, 2.45) is 0 Å². The van der Waals surface area contributed by atoms with Crippen LogP contribution in [0.4, 0.5) is 0 Å². The fourth-order valence-corrected chi connectivity index (χ4v) is 2.48. The molecule has 5 nitrogen and oxygen atoms in total. The van der Waals surface area contributed by atoms with Gasteiger partial charge in [-0.2, -0.15) is 0 Å². The molecule has 0 radical (unpaired) electrons. The molecule has 122 valence electrons. The highest BCUT2D eigenvalue weighted by Gasteiger charge is 2.14. The first-order valence-electron chi connectivity index (χ1n) is 8.04. The van der Waals surface area contributed by atoms with Gasteiger partial charge in [-0.3, -0.25) is 9.69 Å². The molecule has 0 bridgehead atoms. The van der Waals surface area contributed by atoms with Crippen molar-refractivity contribution in [2.45, 2.75) is 19.5 Å². The molecule has 1 amide bonds. The predicted octanol–water partition coefficient (Wildman–Crippen LogP) is 0.772. The molecule has 2 N–H and O–H groups in total. The van der Waals surface area contributed by atoms with Gasteiger partial charge >= 0.3 is 0 Å². The van der Waals surface area contributed by atoms with Crippen LogP contribution in [0.5, 0.6) is 0 Å². The molecular formula is C17H28N4O. The van der Waals surface area contributed by atoms with Crippen LogP contribution in [-0.4, -0.2) is 68.6 Å². The molecule has 22 heavy (non-hydrogen) atoms. The van der Waals surface area contributed by atoms with Crippen LogP contribution in [0.15, 0.2) is 24.3 Å². The van der Waals surface area contributed by atoms with Crippen LogP contribution in [-0.2, 0) is 6.54 Å². The number of nitrogens with zero attached hydrogens (tertiary/aromatic N) is 2. The highest BCUT2D eigenvalue weighted by molar-refractivity contribution is 5.94. The Balaban J connectivity index is 1.83. The summed E-state index contributed by atoms with van der Waals surface area (Å²) in [6.07, 6.45) is 0. The zero-order valence-electron chi connectivity index (χ0n) is 13.9. The van der Waals surface area contributed by atoms with Crippen molar-refractivity contribution >= 4 is 5.91 Å². The van der Waals surface area contributed by atoms with Crippen LogP contribution in [0, 0.1) is 0 Å². The molecule has 1 heterocycles. The third kappa shape index (κ3) is 5.09. The van der Waals surface area contributed by atoms with E-state index in [9.17, 15) is 4.79 Å². The van der Waals surface area contributed by atoms with E-state index in [0.717, 1.165) is 38.3 Å². The number of amides is 1. The fourth-order valence-electron chi connectivity index (χ4n) is 2.48. The maximum Gasteiger partial charge on any atom is 0.251 e. The molecule has 1 atom stereocenters. The standard InChI is InChI=1S/C17H28N4O/c1-14(18-2)12-19-17(22)16-6-4-15(5-7-16)13-21-10-8-20(3)9-11-21/h4-7,14,18H,8-13H2,1-3H3,(H,19,22). The van der Waals surface area contributed by atoms with Gasteiger partial charge in [0.25, 0.3) is 5.91 Å². The molecule has 0 spiro atoms. The van der Waals surface area contributed by atoms with Crippen molar-refractivity contribution < 1.29 is 4.79 Å². The number of hydrogen-bond acceptors (Lipinski definition) is 4. The molecule has 1 saturated heterocycles. The Morgan fingerprint density at radius 3 is 2.41 bits per heavy atom. The predicted molar refractivity (Wildman–Crippen MR) is 90.1 cm³/mol. The Kier molecular flexibility index (Phi) is 6.36. The number of likely N-dealkylation sites (N-methyl/N-ethyl adjacent to an activating group) is 2.